The number of thioether (sulfide) groups is 1. The van der Waals surface area contributed by atoms with Crippen molar-refractivity contribution in [2.75, 3.05) is 11.1 Å². The van der Waals surface area contributed by atoms with Crippen LogP contribution in [0.15, 0.2) is 52.4 Å². The lowest BCUT2D eigenvalue weighted by Crippen LogP contribution is -2.15. The summed E-state index contributed by atoms with van der Waals surface area (Å²) in [6, 6.07) is 9.61. The van der Waals surface area contributed by atoms with E-state index in [-0.39, 0.29) is 11.7 Å². The Balaban J connectivity index is 1.68. The first kappa shape index (κ1) is 18.6. The van der Waals surface area contributed by atoms with Crippen LogP contribution in [0.5, 0.6) is 0 Å². The van der Waals surface area contributed by atoms with Gasteiger partial charge in [0, 0.05) is 29.0 Å². The van der Waals surface area contributed by atoms with Crippen molar-refractivity contribution in [2.24, 2.45) is 0 Å². The molecule has 3 rings (SSSR count). The van der Waals surface area contributed by atoms with Crippen molar-refractivity contribution in [3.8, 4) is 11.4 Å². The van der Waals surface area contributed by atoms with Crippen molar-refractivity contribution in [2.45, 2.75) is 25.5 Å². The zero-order valence-corrected chi connectivity index (χ0v) is 16.8. The van der Waals surface area contributed by atoms with E-state index in [9.17, 15) is 4.79 Å². The van der Waals surface area contributed by atoms with Gasteiger partial charge in [-0.25, -0.2) is 0 Å². The van der Waals surface area contributed by atoms with Gasteiger partial charge in [0.25, 0.3) is 0 Å². The van der Waals surface area contributed by atoms with Gasteiger partial charge in [-0.3, -0.25) is 9.78 Å². The fraction of sp³-hybridized carbons (Fsp3) is 0.222. The summed E-state index contributed by atoms with van der Waals surface area (Å²) in [6.07, 6.45) is 3.45. The van der Waals surface area contributed by atoms with Crippen LogP contribution in [0.2, 0.25) is 0 Å². The number of carbonyl (C=O) groups excluding carboxylic acids is 1. The molecular formula is C18H18BrN5OS. The minimum absolute atomic E-state index is 0.0873. The van der Waals surface area contributed by atoms with Crippen molar-refractivity contribution in [1.82, 2.24) is 19.7 Å². The number of rotatable bonds is 6. The average molecular weight is 432 g/mol. The second kappa shape index (κ2) is 8.46. The van der Waals surface area contributed by atoms with Crippen LogP contribution in [-0.4, -0.2) is 31.4 Å². The van der Waals surface area contributed by atoms with Crippen molar-refractivity contribution < 1.29 is 4.79 Å². The van der Waals surface area contributed by atoms with Crippen LogP contribution in [-0.2, 0) is 11.3 Å². The molecule has 1 N–H and O–H groups in total. The molecule has 2 heterocycles. The molecule has 0 aliphatic rings. The number of hydrogen-bond acceptors (Lipinski definition) is 5. The SMILES string of the molecule is CCn1c(SCC(=O)Nc2ccc(C)cc2Br)nnc1-c1ccncc1. The lowest BCUT2D eigenvalue weighted by atomic mass is 10.2. The van der Waals surface area contributed by atoms with Gasteiger partial charge in [-0.15, -0.1) is 10.2 Å². The molecule has 0 aliphatic heterocycles. The fourth-order valence-corrected chi connectivity index (χ4v) is 3.83. The van der Waals surface area contributed by atoms with E-state index in [1.807, 2.05) is 48.7 Å². The summed E-state index contributed by atoms with van der Waals surface area (Å²) in [7, 11) is 0. The summed E-state index contributed by atoms with van der Waals surface area (Å²) in [5.74, 6) is 0.948. The molecule has 8 heteroatoms. The van der Waals surface area contributed by atoms with Gasteiger partial charge in [0.05, 0.1) is 11.4 Å². The third-order valence-corrected chi connectivity index (χ3v) is 5.33. The van der Waals surface area contributed by atoms with Gasteiger partial charge in [0.1, 0.15) is 0 Å². The Bertz CT molecular complexity index is 913. The summed E-state index contributed by atoms with van der Waals surface area (Å²) in [5, 5.41) is 12.1. The van der Waals surface area contributed by atoms with Gasteiger partial charge in [-0.1, -0.05) is 17.8 Å². The van der Waals surface area contributed by atoms with Gasteiger partial charge in [-0.05, 0) is 59.6 Å². The molecule has 6 nitrogen and oxygen atoms in total. The Morgan fingerprint density at radius 2 is 2.00 bits per heavy atom. The predicted molar refractivity (Wildman–Crippen MR) is 107 cm³/mol. The molecule has 134 valence electrons. The Morgan fingerprint density at radius 1 is 1.23 bits per heavy atom. The van der Waals surface area contributed by atoms with Crippen LogP contribution < -0.4 is 5.32 Å². The van der Waals surface area contributed by atoms with Crippen molar-refractivity contribution in [3.05, 3.63) is 52.8 Å². The number of nitrogens with zero attached hydrogens (tertiary/aromatic N) is 4. The second-order valence-electron chi connectivity index (χ2n) is 5.61. The monoisotopic (exact) mass is 431 g/mol. The number of pyridine rings is 1. The van der Waals surface area contributed by atoms with Crippen molar-refractivity contribution in [3.63, 3.8) is 0 Å². The van der Waals surface area contributed by atoms with Crippen LogP contribution >= 0.6 is 27.7 Å². The summed E-state index contributed by atoms with van der Waals surface area (Å²) in [4.78, 5) is 16.3. The smallest absolute Gasteiger partial charge is 0.234 e. The lowest BCUT2D eigenvalue weighted by molar-refractivity contribution is -0.113. The molecule has 0 spiro atoms. The molecule has 0 aliphatic carbocycles. The number of anilines is 1. The van der Waals surface area contributed by atoms with Crippen LogP contribution in [0.25, 0.3) is 11.4 Å². The van der Waals surface area contributed by atoms with Gasteiger partial charge in [0.15, 0.2) is 11.0 Å². The van der Waals surface area contributed by atoms with E-state index in [0.717, 1.165) is 38.8 Å². The fourth-order valence-electron chi connectivity index (χ4n) is 2.43. The van der Waals surface area contributed by atoms with E-state index in [1.165, 1.54) is 11.8 Å². The standard InChI is InChI=1S/C18H18BrN5OS/c1-3-24-17(13-6-8-20-9-7-13)22-23-18(24)26-11-16(25)21-15-5-4-12(2)10-14(15)19/h4-10H,3,11H2,1-2H3,(H,21,25). The molecule has 0 atom stereocenters. The summed E-state index contributed by atoms with van der Waals surface area (Å²) >= 11 is 4.84. The summed E-state index contributed by atoms with van der Waals surface area (Å²) in [5.41, 5.74) is 2.84. The highest BCUT2D eigenvalue weighted by atomic mass is 79.9. The quantitative estimate of drug-likeness (QED) is 0.593. The number of nitrogens with one attached hydrogen (secondary N) is 1. The highest BCUT2D eigenvalue weighted by Crippen LogP contribution is 2.25. The van der Waals surface area contributed by atoms with Gasteiger partial charge >= 0.3 is 0 Å². The maximum atomic E-state index is 12.3. The minimum atomic E-state index is -0.0873. The zero-order valence-electron chi connectivity index (χ0n) is 14.4. The molecule has 0 fully saturated rings. The Labute approximate surface area is 164 Å². The molecular weight excluding hydrogens is 414 g/mol. The topological polar surface area (TPSA) is 72.7 Å². The third-order valence-electron chi connectivity index (χ3n) is 3.70. The molecule has 0 radical (unpaired) electrons. The van der Waals surface area contributed by atoms with E-state index < -0.39 is 0 Å². The van der Waals surface area contributed by atoms with Crippen molar-refractivity contribution in [1.29, 1.82) is 0 Å². The molecule has 0 saturated carbocycles. The molecule has 2 aromatic heterocycles. The summed E-state index contributed by atoms with van der Waals surface area (Å²) < 4.78 is 2.86. The Kier molecular flexibility index (Phi) is 6.05. The molecule has 0 bridgehead atoms. The first-order chi connectivity index (χ1) is 12.6. The number of halogens is 1. The van der Waals surface area contributed by atoms with Gasteiger partial charge in [-0.2, -0.15) is 0 Å². The average Bonchev–Trinajstić information content (AvgIpc) is 3.06. The minimum Gasteiger partial charge on any atom is -0.324 e. The van der Waals surface area contributed by atoms with Crippen LogP contribution in [0.3, 0.4) is 0 Å². The molecule has 0 saturated heterocycles. The van der Waals surface area contributed by atoms with E-state index in [1.54, 1.807) is 12.4 Å². The van der Waals surface area contributed by atoms with Crippen LogP contribution in [0.1, 0.15) is 12.5 Å². The molecule has 1 amide bonds. The second-order valence-corrected chi connectivity index (χ2v) is 7.40. The third kappa shape index (κ3) is 4.31. The number of aryl methyl sites for hydroxylation is 1. The number of carbonyl (C=O) groups is 1. The molecule has 26 heavy (non-hydrogen) atoms. The normalized spacial score (nSPS) is 10.7. The van der Waals surface area contributed by atoms with Crippen molar-refractivity contribution >= 4 is 39.3 Å². The maximum absolute atomic E-state index is 12.3. The summed E-state index contributed by atoms with van der Waals surface area (Å²) in [6.45, 7) is 4.75. The first-order valence-corrected chi connectivity index (χ1v) is 9.88. The highest BCUT2D eigenvalue weighted by Gasteiger charge is 2.15. The first-order valence-electron chi connectivity index (χ1n) is 8.11. The predicted octanol–water partition coefficient (Wildman–Crippen LogP) is 4.16. The molecule has 3 aromatic rings. The van der Waals surface area contributed by atoms with Gasteiger partial charge in [0.2, 0.25) is 5.91 Å². The lowest BCUT2D eigenvalue weighted by Gasteiger charge is -2.09. The largest absolute Gasteiger partial charge is 0.324 e. The van der Waals surface area contributed by atoms with Gasteiger partial charge < -0.3 is 9.88 Å². The molecule has 1 aromatic carbocycles. The Hall–Kier alpha value is -2.19. The van der Waals surface area contributed by atoms with E-state index in [0.29, 0.717) is 0 Å². The van der Waals surface area contributed by atoms with E-state index in [2.05, 4.69) is 36.4 Å². The number of amides is 1. The maximum Gasteiger partial charge on any atom is 0.234 e. The van der Waals surface area contributed by atoms with E-state index >= 15 is 0 Å². The number of benzene rings is 1. The van der Waals surface area contributed by atoms with Crippen LogP contribution in [0.4, 0.5) is 5.69 Å². The van der Waals surface area contributed by atoms with E-state index in [4.69, 9.17) is 0 Å². The zero-order chi connectivity index (χ0) is 18.5. The number of hydrogen-bond donors (Lipinski definition) is 1. The number of aromatic nitrogens is 4. The highest BCUT2D eigenvalue weighted by molar-refractivity contribution is 9.10. The Morgan fingerprint density at radius 3 is 2.69 bits per heavy atom. The van der Waals surface area contributed by atoms with Crippen LogP contribution in [0, 0.1) is 6.92 Å². The molecule has 0 unspecified atom stereocenters.